The minimum Gasteiger partial charge on any atom is -0.312 e. The molecule has 1 unspecified atom stereocenters. The van der Waals surface area contributed by atoms with Crippen LogP contribution in [0.25, 0.3) is 16.8 Å². The van der Waals surface area contributed by atoms with Crippen LogP contribution in [0.15, 0.2) is 76.3 Å². The number of sulfonamides is 1. The summed E-state index contributed by atoms with van der Waals surface area (Å²) in [7, 11) is -4.58. The van der Waals surface area contributed by atoms with E-state index >= 15 is 0 Å². The molecule has 3 rings (SSSR count). The van der Waals surface area contributed by atoms with Gasteiger partial charge < -0.3 is 5.32 Å². The predicted molar refractivity (Wildman–Crippen MR) is 122 cm³/mol. The third kappa shape index (κ3) is 5.82. The van der Waals surface area contributed by atoms with Crippen molar-refractivity contribution in [3.05, 3.63) is 72.1 Å². The van der Waals surface area contributed by atoms with Gasteiger partial charge in [-0.3, -0.25) is 9.19 Å². The number of nitrogens with one attached hydrogen (secondary N) is 2. The molecule has 0 saturated carbocycles. The van der Waals surface area contributed by atoms with E-state index in [-0.39, 0.29) is 11.4 Å². The lowest BCUT2D eigenvalue weighted by atomic mass is 10.1. The summed E-state index contributed by atoms with van der Waals surface area (Å²) in [6, 6.07) is 14.5. The molecule has 8 heteroatoms. The summed E-state index contributed by atoms with van der Waals surface area (Å²) in [5.41, 5.74) is 2.15. The molecule has 0 saturated heterocycles. The van der Waals surface area contributed by atoms with Crippen molar-refractivity contribution in [3.63, 3.8) is 0 Å². The standard InChI is InChI=1S/C22H25N3O3S2/c1-17(14-18-6-8-20(9-7-18)29(2)26)15-24-12-13-25-30(27,28)22-5-3-4-19-16-23-11-10-21(19)22/h3-11,14,16,24-25H,12-13,15H2,1-2H3/b17-14+. The number of fused-ring (bicyclic) bond motifs is 1. The summed E-state index contributed by atoms with van der Waals surface area (Å²) < 4.78 is 39.4. The van der Waals surface area contributed by atoms with Crippen molar-refractivity contribution in [1.29, 1.82) is 0 Å². The first-order valence-corrected chi connectivity index (χ1v) is 12.5. The normalized spacial score (nSPS) is 13.5. The summed E-state index contributed by atoms with van der Waals surface area (Å²) in [6.07, 6.45) is 6.95. The van der Waals surface area contributed by atoms with E-state index < -0.39 is 20.8 Å². The van der Waals surface area contributed by atoms with Gasteiger partial charge in [-0.1, -0.05) is 35.9 Å². The highest BCUT2D eigenvalue weighted by Crippen LogP contribution is 2.21. The molecule has 0 bridgehead atoms. The zero-order valence-corrected chi connectivity index (χ0v) is 18.6. The van der Waals surface area contributed by atoms with Gasteiger partial charge in [0.05, 0.1) is 4.90 Å². The molecule has 0 amide bonds. The molecule has 6 nitrogen and oxygen atoms in total. The van der Waals surface area contributed by atoms with E-state index in [1.165, 1.54) is 0 Å². The first-order valence-electron chi connectivity index (χ1n) is 9.50. The Kier molecular flexibility index (Phi) is 7.49. The maximum atomic E-state index is 12.7. The van der Waals surface area contributed by atoms with Crippen LogP contribution in [0.5, 0.6) is 0 Å². The summed E-state index contributed by atoms with van der Waals surface area (Å²) >= 11 is 0. The molecule has 2 aromatic carbocycles. The fraction of sp³-hybridized carbons (Fsp3) is 0.227. The van der Waals surface area contributed by atoms with Gasteiger partial charge in [0.2, 0.25) is 10.0 Å². The van der Waals surface area contributed by atoms with Crippen LogP contribution in [0.1, 0.15) is 12.5 Å². The molecule has 30 heavy (non-hydrogen) atoms. The lowest BCUT2D eigenvalue weighted by Crippen LogP contribution is -2.32. The fourth-order valence-corrected chi connectivity index (χ4v) is 4.83. The smallest absolute Gasteiger partial charge is 0.241 e. The van der Waals surface area contributed by atoms with E-state index in [4.69, 9.17) is 0 Å². The topological polar surface area (TPSA) is 88.2 Å². The molecule has 0 spiro atoms. The van der Waals surface area contributed by atoms with Gasteiger partial charge in [0.15, 0.2) is 0 Å². The molecule has 0 radical (unpaired) electrons. The Morgan fingerprint density at radius 3 is 2.60 bits per heavy atom. The number of nitrogens with zero attached hydrogens (tertiary/aromatic N) is 1. The summed E-state index contributed by atoms with van der Waals surface area (Å²) in [4.78, 5) is 5.10. The first-order chi connectivity index (χ1) is 14.4. The molecule has 158 valence electrons. The molecule has 0 aliphatic rings. The van der Waals surface area contributed by atoms with Gasteiger partial charge in [-0.25, -0.2) is 13.1 Å². The SMILES string of the molecule is C/C(=C\c1ccc(S(C)=O)cc1)CNCCNS(=O)(=O)c1cccc2cnccc12. The van der Waals surface area contributed by atoms with E-state index in [0.29, 0.717) is 18.5 Å². The molecule has 0 aliphatic heterocycles. The average Bonchev–Trinajstić information content (AvgIpc) is 2.73. The zero-order chi connectivity index (χ0) is 21.6. The highest BCUT2D eigenvalue weighted by atomic mass is 32.2. The predicted octanol–water partition coefficient (Wildman–Crippen LogP) is 2.94. The monoisotopic (exact) mass is 443 g/mol. The molecular weight excluding hydrogens is 418 g/mol. The van der Waals surface area contributed by atoms with Crippen LogP contribution in [0.3, 0.4) is 0 Å². The minimum atomic E-state index is -3.60. The van der Waals surface area contributed by atoms with E-state index in [2.05, 4.69) is 15.0 Å². The molecule has 1 atom stereocenters. The van der Waals surface area contributed by atoms with Crippen molar-refractivity contribution in [2.24, 2.45) is 0 Å². The van der Waals surface area contributed by atoms with Crippen LogP contribution in [0.4, 0.5) is 0 Å². The van der Waals surface area contributed by atoms with Crippen LogP contribution in [-0.4, -0.2) is 43.5 Å². The van der Waals surface area contributed by atoms with Crippen LogP contribution < -0.4 is 10.0 Å². The number of benzene rings is 2. The van der Waals surface area contributed by atoms with Crippen LogP contribution in [0, 0.1) is 0 Å². The summed E-state index contributed by atoms with van der Waals surface area (Å²) in [5.74, 6) is 0. The second kappa shape index (κ2) is 10.1. The van der Waals surface area contributed by atoms with E-state index in [1.807, 2.05) is 43.3 Å². The Morgan fingerprint density at radius 1 is 1.10 bits per heavy atom. The molecule has 1 heterocycles. The molecule has 1 aromatic heterocycles. The van der Waals surface area contributed by atoms with Crippen molar-refractivity contribution in [3.8, 4) is 0 Å². The second-order valence-electron chi connectivity index (χ2n) is 6.94. The van der Waals surface area contributed by atoms with E-state index in [1.54, 1.807) is 36.8 Å². The van der Waals surface area contributed by atoms with Crippen molar-refractivity contribution >= 4 is 37.7 Å². The van der Waals surface area contributed by atoms with E-state index in [0.717, 1.165) is 21.4 Å². The highest BCUT2D eigenvalue weighted by molar-refractivity contribution is 7.89. The van der Waals surface area contributed by atoms with Crippen molar-refractivity contribution < 1.29 is 12.6 Å². The Labute approximate surface area is 179 Å². The highest BCUT2D eigenvalue weighted by Gasteiger charge is 2.16. The second-order valence-corrected chi connectivity index (χ2v) is 10.1. The molecule has 0 fully saturated rings. The van der Waals surface area contributed by atoms with Gasteiger partial charge >= 0.3 is 0 Å². The summed E-state index contributed by atoms with van der Waals surface area (Å²) in [5, 5.41) is 4.69. The van der Waals surface area contributed by atoms with Crippen molar-refractivity contribution in [2.75, 3.05) is 25.9 Å². The average molecular weight is 444 g/mol. The van der Waals surface area contributed by atoms with Crippen molar-refractivity contribution in [1.82, 2.24) is 15.0 Å². The molecule has 2 N–H and O–H groups in total. The van der Waals surface area contributed by atoms with Gasteiger partial charge in [0.1, 0.15) is 0 Å². The van der Waals surface area contributed by atoms with Gasteiger partial charge in [-0.05, 0) is 36.8 Å². The number of hydrogen-bond acceptors (Lipinski definition) is 5. The lowest BCUT2D eigenvalue weighted by Gasteiger charge is -2.10. The molecule has 0 aliphatic carbocycles. The number of pyridine rings is 1. The van der Waals surface area contributed by atoms with Crippen LogP contribution in [-0.2, 0) is 20.8 Å². The Morgan fingerprint density at radius 2 is 1.87 bits per heavy atom. The first kappa shape index (κ1) is 22.3. The maximum Gasteiger partial charge on any atom is 0.241 e. The largest absolute Gasteiger partial charge is 0.312 e. The summed E-state index contributed by atoms with van der Waals surface area (Å²) in [6.45, 7) is 3.44. The number of rotatable bonds is 9. The fourth-order valence-electron chi connectivity index (χ4n) is 3.06. The third-order valence-corrected chi connectivity index (χ3v) is 7.01. The zero-order valence-electron chi connectivity index (χ0n) is 17.0. The third-order valence-electron chi connectivity index (χ3n) is 4.55. The number of aromatic nitrogens is 1. The minimum absolute atomic E-state index is 0.259. The Hall–Kier alpha value is -2.39. The van der Waals surface area contributed by atoms with E-state index in [9.17, 15) is 12.6 Å². The lowest BCUT2D eigenvalue weighted by molar-refractivity contribution is 0.579. The van der Waals surface area contributed by atoms with Gasteiger partial charge in [0.25, 0.3) is 0 Å². The van der Waals surface area contributed by atoms with Crippen LogP contribution >= 0.6 is 0 Å². The Bertz CT molecular complexity index is 1170. The number of hydrogen-bond donors (Lipinski definition) is 2. The van der Waals surface area contributed by atoms with Gasteiger partial charge in [-0.2, -0.15) is 0 Å². The Balaban J connectivity index is 1.51. The quantitative estimate of drug-likeness (QED) is 0.497. The van der Waals surface area contributed by atoms with Gasteiger partial charge in [0, 0.05) is 64.8 Å². The maximum absolute atomic E-state index is 12.7. The van der Waals surface area contributed by atoms with Crippen LogP contribution in [0.2, 0.25) is 0 Å². The molecular formula is C22H25N3O3S2. The van der Waals surface area contributed by atoms with Gasteiger partial charge in [-0.15, -0.1) is 0 Å². The molecule has 3 aromatic rings. The van der Waals surface area contributed by atoms with Crippen molar-refractivity contribution in [2.45, 2.75) is 16.7 Å².